The molecule has 0 aliphatic carbocycles. The van der Waals surface area contributed by atoms with Gasteiger partial charge in [-0.05, 0) is 21.8 Å². The molecule has 1 aromatic heterocycles. The van der Waals surface area contributed by atoms with Gasteiger partial charge in [0.25, 0.3) is 0 Å². The lowest BCUT2D eigenvalue weighted by atomic mass is 10.1. The van der Waals surface area contributed by atoms with E-state index in [1.54, 1.807) is 36.9 Å². The Morgan fingerprint density at radius 3 is 2.13 bits per heavy atom. The van der Waals surface area contributed by atoms with Crippen molar-refractivity contribution in [3.05, 3.63) is 96.1 Å². The molecule has 0 fully saturated rings. The minimum atomic E-state index is -0.292. The second-order valence-electron chi connectivity index (χ2n) is 4.90. The minimum Gasteiger partial charge on any atom is -0.854 e. The molecule has 0 aliphatic heterocycles. The van der Waals surface area contributed by atoms with Crippen LogP contribution in [0.2, 0.25) is 0 Å². The molecule has 0 spiro atoms. The molecular weight excluding hydrogens is 286 g/mol. The van der Waals surface area contributed by atoms with Crippen LogP contribution in [0.15, 0.2) is 84.5 Å². The van der Waals surface area contributed by atoms with E-state index in [0.717, 1.165) is 11.1 Å². The van der Waals surface area contributed by atoms with E-state index in [9.17, 15) is 5.11 Å². The molecule has 0 saturated heterocycles. The van der Waals surface area contributed by atoms with E-state index in [2.05, 4.69) is 10.1 Å². The number of nitrogens with zero attached hydrogens (tertiary/aromatic N) is 3. The highest BCUT2D eigenvalue weighted by molar-refractivity contribution is 5.90. The molecule has 4 nitrogen and oxygen atoms in total. The molecule has 0 bridgehead atoms. The van der Waals surface area contributed by atoms with Gasteiger partial charge in [-0.2, -0.15) is 0 Å². The Morgan fingerprint density at radius 2 is 1.48 bits per heavy atom. The van der Waals surface area contributed by atoms with Gasteiger partial charge in [-0.25, -0.2) is 0 Å². The maximum atomic E-state index is 12.1. The van der Waals surface area contributed by atoms with Gasteiger partial charge in [-0.3, -0.25) is 4.98 Å². The summed E-state index contributed by atoms with van der Waals surface area (Å²) >= 11 is 0. The van der Waals surface area contributed by atoms with Crippen LogP contribution in [-0.4, -0.2) is 10.9 Å². The van der Waals surface area contributed by atoms with Gasteiger partial charge >= 0.3 is 0 Å². The van der Waals surface area contributed by atoms with Gasteiger partial charge in [0.15, 0.2) is 0 Å². The number of rotatable bonds is 4. The molecule has 4 heteroatoms. The summed E-state index contributed by atoms with van der Waals surface area (Å²) in [7, 11) is 0. The van der Waals surface area contributed by atoms with E-state index in [1.807, 2.05) is 54.6 Å². The van der Waals surface area contributed by atoms with Gasteiger partial charge in [0.2, 0.25) is 12.4 Å². The molecule has 1 heterocycles. The van der Waals surface area contributed by atoms with Crippen molar-refractivity contribution in [3.63, 3.8) is 0 Å². The molecular formula is C19H15N3O. The summed E-state index contributed by atoms with van der Waals surface area (Å²) in [4.78, 5) is 3.88. The fourth-order valence-corrected chi connectivity index (χ4v) is 2.04. The zero-order chi connectivity index (χ0) is 15.9. The maximum Gasteiger partial charge on any atom is 0.220 e. The van der Waals surface area contributed by atoms with Crippen molar-refractivity contribution in [2.45, 2.75) is 0 Å². The van der Waals surface area contributed by atoms with E-state index < -0.39 is 0 Å². The van der Waals surface area contributed by atoms with Crippen molar-refractivity contribution in [1.82, 2.24) is 4.98 Å². The van der Waals surface area contributed by atoms with Gasteiger partial charge in [0.1, 0.15) is 0 Å². The highest BCUT2D eigenvalue weighted by Crippen LogP contribution is 2.09. The highest BCUT2D eigenvalue weighted by atomic mass is 16.3. The summed E-state index contributed by atoms with van der Waals surface area (Å²) in [5.41, 5.74) is 2.71. The van der Waals surface area contributed by atoms with Crippen LogP contribution < -0.4 is 9.78 Å². The fourth-order valence-electron chi connectivity index (χ4n) is 2.04. The number of benzene rings is 2. The molecule has 0 N–H and O–H groups in total. The third-order valence-electron chi connectivity index (χ3n) is 3.24. The average molecular weight is 301 g/mol. The van der Waals surface area contributed by atoms with Crippen LogP contribution in [0.25, 0.3) is 12.2 Å². The van der Waals surface area contributed by atoms with Crippen molar-refractivity contribution >= 4 is 18.0 Å². The first-order chi connectivity index (χ1) is 11.3. The van der Waals surface area contributed by atoms with Crippen LogP contribution >= 0.6 is 0 Å². The quantitative estimate of drug-likeness (QED) is 0.321. The van der Waals surface area contributed by atoms with E-state index in [0.29, 0.717) is 5.56 Å². The maximum absolute atomic E-state index is 12.1. The van der Waals surface area contributed by atoms with Gasteiger partial charge in [-0.1, -0.05) is 71.4 Å². The molecule has 0 unspecified atom stereocenters. The largest absolute Gasteiger partial charge is 0.854 e. The third kappa shape index (κ3) is 4.11. The normalized spacial score (nSPS) is 11.7. The zero-order valence-corrected chi connectivity index (χ0v) is 12.4. The Kier molecular flexibility index (Phi) is 4.55. The first-order valence-corrected chi connectivity index (χ1v) is 7.22. The van der Waals surface area contributed by atoms with Crippen LogP contribution in [0.1, 0.15) is 16.7 Å². The monoisotopic (exact) mass is 301 g/mol. The summed E-state index contributed by atoms with van der Waals surface area (Å²) < 4.78 is 1.44. The minimum absolute atomic E-state index is 0.292. The summed E-state index contributed by atoms with van der Waals surface area (Å²) in [5, 5.41) is 16.1. The Labute approximate surface area is 134 Å². The van der Waals surface area contributed by atoms with Crippen LogP contribution in [0.3, 0.4) is 0 Å². The number of hydrogen-bond acceptors (Lipinski definition) is 3. The van der Waals surface area contributed by atoms with Crippen LogP contribution in [-0.2, 0) is 0 Å². The average Bonchev–Trinajstić information content (AvgIpc) is 2.62. The first kappa shape index (κ1) is 14.7. The molecule has 0 aliphatic rings. The molecule has 0 amide bonds. The molecule has 23 heavy (non-hydrogen) atoms. The smallest absolute Gasteiger partial charge is 0.220 e. The molecule has 112 valence electrons. The van der Waals surface area contributed by atoms with E-state index >= 15 is 0 Å². The van der Waals surface area contributed by atoms with Crippen molar-refractivity contribution < 1.29 is 9.78 Å². The van der Waals surface area contributed by atoms with E-state index in [1.165, 1.54) is 4.68 Å². The SMILES string of the molecule is [O-]/C(=N\[n+]1ccncc1)c1ccc(/C=C/c2ccccc2)cc1. The standard InChI is InChI=1S/C19H15N3O/c23-19(21-22-14-12-20-13-15-22)18-10-8-17(9-11-18)7-6-16-4-2-1-3-5-16/h1-15H/b7-6+. The van der Waals surface area contributed by atoms with Crippen molar-refractivity contribution in [2.75, 3.05) is 0 Å². The zero-order valence-electron chi connectivity index (χ0n) is 12.4. The predicted octanol–water partition coefficient (Wildman–Crippen LogP) is 2.11. The molecule has 3 rings (SSSR count). The van der Waals surface area contributed by atoms with Gasteiger partial charge in [0, 0.05) is 0 Å². The second kappa shape index (κ2) is 7.13. The molecule has 0 atom stereocenters. The lowest BCUT2D eigenvalue weighted by Crippen LogP contribution is -2.33. The summed E-state index contributed by atoms with van der Waals surface area (Å²) in [6.07, 6.45) is 10.4. The van der Waals surface area contributed by atoms with Crippen molar-refractivity contribution in [1.29, 1.82) is 0 Å². The van der Waals surface area contributed by atoms with E-state index in [-0.39, 0.29) is 5.90 Å². The molecule has 0 radical (unpaired) electrons. The number of hydrogen-bond donors (Lipinski definition) is 0. The summed E-state index contributed by atoms with van der Waals surface area (Å²) in [6, 6.07) is 17.4. The second-order valence-corrected chi connectivity index (χ2v) is 4.90. The molecule has 0 saturated carbocycles. The Morgan fingerprint density at radius 1 is 0.870 bits per heavy atom. The fraction of sp³-hybridized carbons (Fsp3) is 0. The van der Waals surface area contributed by atoms with Crippen molar-refractivity contribution in [2.24, 2.45) is 5.10 Å². The van der Waals surface area contributed by atoms with Crippen LogP contribution in [0.4, 0.5) is 0 Å². The van der Waals surface area contributed by atoms with Crippen LogP contribution in [0.5, 0.6) is 0 Å². The molecule has 2 aromatic carbocycles. The topological polar surface area (TPSA) is 52.2 Å². The van der Waals surface area contributed by atoms with Crippen LogP contribution in [0, 0.1) is 0 Å². The third-order valence-corrected chi connectivity index (χ3v) is 3.24. The Hall–Kier alpha value is -3.27. The van der Waals surface area contributed by atoms with Gasteiger partial charge < -0.3 is 5.11 Å². The Bertz CT molecular complexity index is 810. The summed E-state index contributed by atoms with van der Waals surface area (Å²) in [6.45, 7) is 0. The van der Waals surface area contributed by atoms with Gasteiger partial charge in [-0.15, -0.1) is 0 Å². The van der Waals surface area contributed by atoms with Crippen molar-refractivity contribution in [3.8, 4) is 0 Å². The Balaban J connectivity index is 1.74. The lowest BCUT2D eigenvalue weighted by molar-refractivity contribution is -0.682. The van der Waals surface area contributed by atoms with Gasteiger partial charge in [0.05, 0.1) is 18.3 Å². The predicted molar refractivity (Wildman–Crippen MR) is 88.2 cm³/mol. The highest BCUT2D eigenvalue weighted by Gasteiger charge is 1.98. The molecule has 3 aromatic rings. The summed E-state index contributed by atoms with van der Waals surface area (Å²) in [5.74, 6) is -0.292. The lowest BCUT2D eigenvalue weighted by Gasteiger charge is -2.06. The van der Waals surface area contributed by atoms with E-state index in [4.69, 9.17) is 0 Å². The number of aromatic nitrogens is 2. The first-order valence-electron chi connectivity index (χ1n) is 7.22.